The minimum atomic E-state index is -0.602. The average Bonchev–Trinajstić information content (AvgIpc) is 2.74. The molecule has 0 aliphatic rings. The minimum Gasteiger partial charge on any atom is -0.408 e. The maximum Gasteiger partial charge on any atom is 0.322 e. The molecule has 0 unspecified atom stereocenters. The molecule has 0 atom stereocenters. The first kappa shape index (κ1) is 13.0. The van der Waals surface area contributed by atoms with Crippen LogP contribution in [0, 0.1) is 17.0 Å². The van der Waals surface area contributed by atoms with Crippen molar-refractivity contribution >= 4 is 29.2 Å². The topological polar surface area (TPSA) is 111 Å². The van der Waals surface area contributed by atoms with Crippen LogP contribution in [0.1, 0.15) is 16.2 Å². The number of carbonyl (C=O) groups excluding carboxylic acids is 1. The standard InChI is InChI=1S/C10H7ClN4O4/c1-5-13-14-10(19-5)12-9(16)7-3-2-6(15(17)18)4-8(7)11/h2-4H,1H3,(H,12,14,16). The number of nitro groups is 1. The van der Waals surface area contributed by atoms with Gasteiger partial charge in [0.2, 0.25) is 5.89 Å². The average molecular weight is 283 g/mol. The van der Waals surface area contributed by atoms with Crippen molar-refractivity contribution in [3.05, 3.63) is 44.8 Å². The van der Waals surface area contributed by atoms with Crippen molar-refractivity contribution < 1.29 is 14.1 Å². The summed E-state index contributed by atoms with van der Waals surface area (Å²) < 4.78 is 4.97. The SMILES string of the molecule is Cc1nnc(NC(=O)c2ccc([N+](=O)[O-])cc2Cl)o1. The van der Waals surface area contributed by atoms with E-state index in [1.54, 1.807) is 6.92 Å². The maximum atomic E-state index is 11.8. The molecule has 0 aliphatic heterocycles. The normalized spacial score (nSPS) is 10.2. The Bertz CT molecular complexity index is 655. The molecule has 0 spiro atoms. The van der Waals surface area contributed by atoms with Crippen LogP contribution in [0.3, 0.4) is 0 Å². The Morgan fingerprint density at radius 3 is 2.74 bits per heavy atom. The molecule has 0 bridgehead atoms. The van der Waals surface area contributed by atoms with Crippen molar-refractivity contribution in [1.29, 1.82) is 0 Å². The fraction of sp³-hybridized carbons (Fsp3) is 0.100. The summed E-state index contributed by atoms with van der Waals surface area (Å²) >= 11 is 5.81. The lowest BCUT2D eigenvalue weighted by atomic mass is 10.2. The summed E-state index contributed by atoms with van der Waals surface area (Å²) in [5, 5.41) is 20.0. The number of hydrogen-bond donors (Lipinski definition) is 1. The number of carbonyl (C=O) groups is 1. The van der Waals surface area contributed by atoms with Gasteiger partial charge in [0.05, 0.1) is 15.5 Å². The van der Waals surface area contributed by atoms with Crippen molar-refractivity contribution in [3.8, 4) is 0 Å². The number of nitrogens with one attached hydrogen (secondary N) is 1. The summed E-state index contributed by atoms with van der Waals surface area (Å²) in [6.07, 6.45) is 0. The fourth-order valence-electron chi connectivity index (χ4n) is 1.31. The third-order valence-corrected chi connectivity index (χ3v) is 2.47. The van der Waals surface area contributed by atoms with E-state index in [1.807, 2.05) is 0 Å². The van der Waals surface area contributed by atoms with Gasteiger partial charge in [-0.25, -0.2) is 0 Å². The van der Waals surface area contributed by atoms with Crippen LogP contribution < -0.4 is 5.32 Å². The lowest BCUT2D eigenvalue weighted by Crippen LogP contribution is -2.12. The van der Waals surface area contributed by atoms with E-state index < -0.39 is 10.8 Å². The monoisotopic (exact) mass is 282 g/mol. The molecule has 8 nitrogen and oxygen atoms in total. The van der Waals surface area contributed by atoms with Gasteiger partial charge in [-0.15, -0.1) is 5.10 Å². The molecule has 2 rings (SSSR count). The molecule has 1 heterocycles. The van der Waals surface area contributed by atoms with Gasteiger partial charge in [0.25, 0.3) is 11.6 Å². The number of benzene rings is 1. The summed E-state index contributed by atoms with van der Waals surface area (Å²) in [6.45, 7) is 1.57. The lowest BCUT2D eigenvalue weighted by molar-refractivity contribution is -0.384. The molecule has 9 heteroatoms. The van der Waals surface area contributed by atoms with Crippen molar-refractivity contribution in [2.45, 2.75) is 6.92 Å². The highest BCUT2D eigenvalue weighted by Gasteiger charge is 2.16. The van der Waals surface area contributed by atoms with Crippen LogP contribution in [0.5, 0.6) is 0 Å². The minimum absolute atomic E-state index is 0.0389. The van der Waals surface area contributed by atoms with E-state index in [4.69, 9.17) is 16.0 Å². The molecule has 1 N–H and O–H groups in total. The highest BCUT2D eigenvalue weighted by atomic mass is 35.5. The Hall–Kier alpha value is -2.48. The molecule has 19 heavy (non-hydrogen) atoms. The van der Waals surface area contributed by atoms with E-state index >= 15 is 0 Å². The highest BCUT2D eigenvalue weighted by molar-refractivity contribution is 6.34. The van der Waals surface area contributed by atoms with Crippen molar-refractivity contribution in [2.75, 3.05) is 5.32 Å². The zero-order chi connectivity index (χ0) is 14.0. The molecule has 0 aliphatic carbocycles. The number of aryl methyl sites for hydroxylation is 1. The van der Waals surface area contributed by atoms with Crippen molar-refractivity contribution in [1.82, 2.24) is 10.2 Å². The van der Waals surface area contributed by atoms with Crippen molar-refractivity contribution in [3.63, 3.8) is 0 Å². The van der Waals surface area contributed by atoms with Gasteiger partial charge in [0.15, 0.2) is 0 Å². The number of nitrogens with zero attached hydrogens (tertiary/aromatic N) is 3. The summed E-state index contributed by atoms with van der Waals surface area (Å²) in [5.41, 5.74) is -0.127. The Labute approximate surface area is 111 Å². The van der Waals surface area contributed by atoms with Crippen LogP contribution in [0.15, 0.2) is 22.6 Å². The maximum absolute atomic E-state index is 11.8. The van der Waals surface area contributed by atoms with E-state index in [0.717, 1.165) is 6.07 Å². The van der Waals surface area contributed by atoms with E-state index in [9.17, 15) is 14.9 Å². The summed E-state index contributed by atoms with van der Waals surface area (Å²) in [4.78, 5) is 21.8. The number of rotatable bonds is 3. The Kier molecular flexibility index (Phi) is 3.43. The third-order valence-electron chi connectivity index (χ3n) is 2.15. The van der Waals surface area contributed by atoms with Gasteiger partial charge >= 0.3 is 6.01 Å². The predicted molar refractivity (Wildman–Crippen MR) is 65.1 cm³/mol. The molecule has 1 aromatic carbocycles. The third kappa shape index (κ3) is 2.86. The van der Waals surface area contributed by atoms with Gasteiger partial charge in [-0.3, -0.25) is 20.2 Å². The number of halogens is 1. The molecule has 0 radical (unpaired) electrons. The Morgan fingerprint density at radius 2 is 2.21 bits per heavy atom. The second-order valence-electron chi connectivity index (χ2n) is 3.50. The molecule has 0 saturated heterocycles. The van der Waals surface area contributed by atoms with Crippen LogP contribution in [-0.4, -0.2) is 21.0 Å². The Balaban J connectivity index is 2.22. The molecule has 0 saturated carbocycles. The number of non-ortho nitro benzene ring substituents is 1. The fourth-order valence-corrected chi connectivity index (χ4v) is 1.57. The van der Waals surface area contributed by atoms with Gasteiger partial charge in [0, 0.05) is 19.1 Å². The summed E-state index contributed by atoms with van der Waals surface area (Å²) in [7, 11) is 0. The van der Waals surface area contributed by atoms with Gasteiger partial charge in [0.1, 0.15) is 0 Å². The van der Waals surface area contributed by atoms with Gasteiger partial charge < -0.3 is 4.42 Å². The quantitative estimate of drug-likeness (QED) is 0.682. The number of nitro benzene ring substituents is 1. The van der Waals surface area contributed by atoms with E-state index in [0.29, 0.717) is 5.89 Å². The largest absolute Gasteiger partial charge is 0.408 e. The number of aromatic nitrogens is 2. The lowest BCUT2D eigenvalue weighted by Gasteiger charge is -2.02. The number of amides is 1. The van der Waals surface area contributed by atoms with Crippen LogP contribution in [0.25, 0.3) is 0 Å². The van der Waals surface area contributed by atoms with Gasteiger partial charge in [-0.05, 0) is 6.07 Å². The first-order valence-corrected chi connectivity index (χ1v) is 5.40. The van der Waals surface area contributed by atoms with Crippen molar-refractivity contribution in [2.24, 2.45) is 0 Å². The van der Waals surface area contributed by atoms with Crippen LogP contribution in [-0.2, 0) is 0 Å². The number of hydrogen-bond acceptors (Lipinski definition) is 6. The predicted octanol–water partition coefficient (Wildman–Crippen LogP) is 2.19. The zero-order valence-electron chi connectivity index (χ0n) is 9.58. The van der Waals surface area contributed by atoms with E-state index in [1.165, 1.54) is 12.1 Å². The Morgan fingerprint density at radius 1 is 1.47 bits per heavy atom. The van der Waals surface area contributed by atoms with Crippen LogP contribution in [0.2, 0.25) is 5.02 Å². The summed E-state index contributed by atoms with van der Waals surface area (Å²) in [5.74, 6) is -0.298. The summed E-state index contributed by atoms with van der Waals surface area (Å²) in [6, 6.07) is 3.45. The molecule has 2 aromatic rings. The van der Waals surface area contributed by atoms with E-state index in [-0.39, 0.29) is 22.3 Å². The first-order valence-electron chi connectivity index (χ1n) is 5.03. The van der Waals surface area contributed by atoms with Crippen LogP contribution in [0.4, 0.5) is 11.7 Å². The number of anilines is 1. The molecular weight excluding hydrogens is 276 g/mol. The second kappa shape index (κ2) is 5.02. The second-order valence-corrected chi connectivity index (χ2v) is 3.91. The highest BCUT2D eigenvalue weighted by Crippen LogP contribution is 2.23. The molecule has 1 aromatic heterocycles. The molecule has 0 fully saturated rings. The smallest absolute Gasteiger partial charge is 0.322 e. The zero-order valence-corrected chi connectivity index (χ0v) is 10.3. The van der Waals surface area contributed by atoms with Gasteiger partial charge in [-0.1, -0.05) is 16.7 Å². The van der Waals surface area contributed by atoms with Gasteiger partial charge in [-0.2, -0.15) is 0 Å². The molecular formula is C10H7ClN4O4. The molecule has 98 valence electrons. The molecule has 1 amide bonds. The van der Waals surface area contributed by atoms with E-state index in [2.05, 4.69) is 15.5 Å². The first-order chi connectivity index (χ1) is 8.97. The van der Waals surface area contributed by atoms with Crippen LogP contribution >= 0.6 is 11.6 Å².